The molecule has 8 heteroatoms. The summed E-state index contributed by atoms with van der Waals surface area (Å²) >= 11 is 0. The minimum Gasteiger partial charge on any atom is -0.490 e. The molecule has 0 bridgehead atoms. The highest BCUT2D eigenvalue weighted by Gasteiger charge is 2.28. The molecule has 1 aromatic heterocycles. The highest BCUT2D eigenvalue weighted by atomic mass is 32.2. The van der Waals surface area contributed by atoms with Crippen LogP contribution in [0.2, 0.25) is 0 Å². The van der Waals surface area contributed by atoms with Crippen molar-refractivity contribution in [3.8, 4) is 11.4 Å². The van der Waals surface area contributed by atoms with E-state index >= 15 is 0 Å². The molecule has 1 saturated carbocycles. The van der Waals surface area contributed by atoms with E-state index in [9.17, 15) is 18.0 Å². The van der Waals surface area contributed by atoms with Crippen LogP contribution >= 0.6 is 0 Å². The summed E-state index contributed by atoms with van der Waals surface area (Å²) in [4.78, 5) is 24.7. The summed E-state index contributed by atoms with van der Waals surface area (Å²) in [6.45, 7) is 3.68. The van der Waals surface area contributed by atoms with Crippen LogP contribution in [0, 0.1) is 5.92 Å². The Balaban J connectivity index is 1.63. The molecule has 1 aliphatic rings. The molecule has 0 N–H and O–H groups in total. The Morgan fingerprint density at radius 2 is 1.70 bits per heavy atom. The van der Waals surface area contributed by atoms with Gasteiger partial charge in [-0.05, 0) is 69.9 Å². The zero-order chi connectivity index (χ0) is 21.9. The lowest BCUT2D eigenvalue weighted by atomic mass is 9.87. The van der Waals surface area contributed by atoms with Gasteiger partial charge in [-0.15, -0.1) is 0 Å². The lowest BCUT2D eigenvalue weighted by Gasteiger charge is -2.28. The van der Waals surface area contributed by atoms with Gasteiger partial charge in [0.25, 0.3) is 5.56 Å². The van der Waals surface area contributed by atoms with E-state index < -0.39 is 9.84 Å². The van der Waals surface area contributed by atoms with Crippen molar-refractivity contribution in [2.24, 2.45) is 5.92 Å². The predicted octanol–water partition coefficient (Wildman–Crippen LogP) is 3.13. The summed E-state index contributed by atoms with van der Waals surface area (Å²) in [6.07, 6.45) is 5.47. The van der Waals surface area contributed by atoms with Gasteiger partial charge in [-0.3, -0.25) is 14.2 Å². The maximum absolute atomic E-state index is 12.5. The summed E-state index contributed by atoms with van der Waals surface area (Å²) in [5.41, 5.74) is 0.303. The molecule has 2 aromatic rings. The number of rotatable bonds is 6. The molecule has 1 fully saturated rings. The molecule has 0 saturated heterocycles. The molecule has 1 heterocycles. The molecule has 0 atom stereocenters. The fraction of sp³-hybridized carbons (Fsp3) is 0.455. The van der Waals surface area contributed by atoms with Crippen molar-refractivity contribution in [3.05, 3.63) is 52.9 Å². The van der Waals surface area contributed by atoms with Crippen LogP contribution < -0.4 is 10.3 Å². The maximum Gasteiger partial charge on any atom is 0.309 e. The van der Waals surface area contributed by atoms with E-state index in [1.165, 1.54) is 22.8 Å². The van der Waals surface area contributed by atoms with E-state index in [0.717, 1.165) is 19.1 Å². The van der Waals surface area contributed by atoms with Gasteiger partial charge >= 0.3 is 5.97 Å². The maximum atomic E-state index is 12.5. The predicted molar refractivity (Wildman–Crippen MR) is 113 cm³/mol. The Hall–Kier alpha value is -2.61. The second kappa shape index (κ2) is 9.04. The van der Waals surface area contributed by atoms with Crippen LogP contribution in [-0.2, 0) is 19.4 Å². The molecular weight excluding hydrogens is 406 g/mol. The smallest absolute Gasteiger partial charge is 0.309 e. The molecule has 0 unspecified atom stereocenters. The first-order valence-corrected chi connectivity index (χ1v) is 11.9. The Kier molecular flexibility index (Phi) is 6.65. The third-order valence-electron chi connectivity index (χ3n) is 5.10. The highest BCUT2D eigenvalue weighted by Crippen LogP contribution is 2.28. The third-order valence-corrected chi connectivity index (χ3v) is 6.22. The number of carbonyl (C=O) groups is 1. The van der Waals surface area contributed by atoms with E-state index in [0.29, 0.717) is 24.3 Å². The zero-order valence-corrected chi connectivity index (χ0v) is 18.2. The normalized spacial score (nSPS) is 19.5. The molecule has 0 amide bonds. The first kappa shape index (κ1) is 22.1. The second-order valence-electron chi connectivity index (χ2n) is 7.91. The standard InChI is InChI=1S/C22H27NO6S/c1-15(2)28-22(25)16-4-8-18(9-5-16)29-19-12-13-23(21(24)14-19)17-6-10-20(11-7-17)30(3,26)27/h6-7,10-16,18H,4-5,8-9H2,1-3H3/t16-,18+. The number of carbonyl (C=O) groups excluding carboxylic acids is 1. The molecule has 0 aliphatic heterocycles. The van der Waals surface area contributed by atoms with Crippen molar-refractivity contribution < 1.29 is 22.7 Å². The Bertz CT molecular complexity index is 1050. The molecule has 1 aliphatic carbocycles. The van der Waals surface area contributed by atoms with Crippen molar-refractivity contribution in [2.75, 3.05) is 6.26 Å². The van der Waals surface area contributed by atoms with Crippen molar-refractivity contribution in [2.45, 2.75) is 56.6 Å². The lowest BCUT2D eigenvalue weighted by Crippen LogP contribution is -2.30. The zero-order valence-electron chi connectivity index (χ0n) is 17.4. The van der Waals surface area contributed by atoms with E-state index in [4.69, 9.17) is 9.47 Å². The minimum absolute atomic E-state index is 0.0441. The highest BCUT2D eigenvalue weighted by molar-refractivity contribution is 7.90. The van der Waals surface area contributed by atoms with Crippen LogP contribution in [0.3, 0.4) is 0 Å². The number of hydrogen-bond donors (Lipinski definition) is 0. The third kappa shape index (κ3) is 5.50. The molecule has 0 spiro atoms. The Labute approximate surface area is 176 Å². The molecule has 1 aromatic carbocycles. The monoisotopic (exact) mass is 433 g/mol. The van der Waals surface area contributed by atoms with Crippen LogP contribution in [0.15, 0.2) is 52.3 Å². The van der Waals surface area contributed by atoms with Crippen LogP contribution in [0.5, 0.6) is 5.75 Å². The molecule has 162 valence electrons. The summed E-state index contributed by atoms with van der Waals surface area (Å²) in [7, 11) is -3.29. The van der Waals surface area contributed by atoms with Gasteiger partial charge in [0, 0.05) is 24.2 Å². The summed E-state index contributed by atoms with van der Waals surface area (Å²) < 4.78 is 35.8. The Morgan fingerprint density at radius 3 is 2.23 bits per heavy atom. The number of sulfone groups is 1. The number of esters is 1. The van der Waals surface area contributed by atoms with Crippen molar-refractivity contribution in [1.29, 1.82) is 0 Å². The van der Waals surface area contributed by atoms with Crippen molar-refractivity contribution in [3.63, 3.8) is 0 Å². The number of benzene rings is 1. The minimum atomic E-state index is -3.29. The molecule has 30 heavy (non-hydrogen) atoms. The van der Waals surface area contributed by atoms with E-state index in [-0.39, 0.29) is 34.5 Å². The summed E-state index contributed by atoms with van der Waals surface area (Å²) in [5.74, 6) is 0.250. The number of hydrogen-bond acceptors (Lipinski definition) is 6. The lowest BCUT2D eigenvalue weighted by molar-refractivity contribution is -0.154. The SMILES string of the molecule is CC(C)OC(=O)[C@H]1CC[C@@H](Oc2ccn(-c3ccc(S(C)(=O)=O)cc3)c(=O)c2)CC1. The van der Waals surface area contributed by atoms with Gasteiger partial charge in [0.1, 0.15) is 5.75 Å². The molecular formula is C22H27NO6S. The van der Waals surface area contributed by atoms with E-state index in [1.54, 1.807) is 24.4 Å². The Morgan fingerprint density at radius 1 is 1.07 bits per heavy atom. The van der Waals surface area contributed by atoms with Crippen LogP contribution in [-0.4, -0.2) is 37.4 Å². The van der Waals surface area contributed by atoms with E-state index in [2.05, 4.69) is 0 Å². The number of ether oxygens (including phenoxy) is 2. The topological polar surface area (TPSA) is 91.7 Å². The quantitative estimate of drug-likeness (QED) is 0.650. The van der Waals surface area contributed by atoms with Gasteiger partial charge in [-0.1, -0.05) is 0 Å². The molecule has 0 radical (unpaired) electrons. The van der Waals surface area contributed by atoms with Crippen LogP contribution in [0.1, 0.15) is 39.5 Å². The summed E-state index contributed by atoms with van der Waals surface area (Å²) in [6, 6.07) is 9.27. The van der Waals surface area contributed by atoms with Crippen LogP contribution in [0.4, 0.5) is 0 Å². The van der Waals surface area contributed by atoms with Gasteiger partial charge in [-0.2, -0.15) is 0 Å². The number of nitrogens with zero attached hydrogens (tertiary/aromatic N) is 1. The second-order valence-corrected chi connectivity index (χ2v) is 9.93. The average molecular weight is 434 g/mol. The summed E-state index contributed by atoms with van der Waals surface area (Å²) in [5, 5.41) is 0. The number of pyridine rings is 1. The average Bonchev–Trinajstić information content (AvgIpc) is 2.67. The first-order valence-electron chi connectivity index (χ1n) is 10.0. The fourth-order valence-electron chi connectivity index (χ4n) is 3.54. The van der Waals surface area contributed by atoms with Crippen molar-refractivity contribution >= 4 is 15.8 Å². The van der Waals surface area contributed by atoms with Crippen LogP contribution in [0.25, 0.3) is 5.69 Å². The van der Waals surface area contributed by atoms with E-state index in [1.807, 2.05) is 13.8 Å². The van der Waals surface area contributed by atoms with Gasteiger partial charge in [0.2, 0.25) is 0 Å². The van der Waals surface area contributed by atoms with Gasteiger partial charge in [-0.25, -0.2) is 8.42 Å². The van der Waals surface area contributed by atoms with Gasteiger partial charge in [0.05, 0.1) is 23.0 Å². The fourth-order valence-corrected chi connectivity index (χ4v) is 4.17. The first-order chi connectivity index (χ1) is 14.1. The van der Waals surface area contributed by atoms with Crippen molar-refractivity contribution in [1.82, 2.24) is 4.57 Å². The molecule has 3 rings (SSSR count). The van der Waals surface area contributed by atoms with Gasteiger partial charge < -0.3 is 9.47 Å². The molecule has 7 nitrogen and oxygen atoms in total. The largest absolute Gasteiger partial charge is 0.490 e. The number of aromatic nitrogens is 1. The van der Waals surface area contributed by atoms with Gasteiger partial charge in [0.15, 0.2) is 9.84 Å².